The van der Waals surface area contributed by atoms with Gasteiger partial charge in [0.1, 0.15) is 17.2 Å². The second kappa shape index (κ2) is 7.92. The Morgan fingerprint density at radius 3 is 2.52 bits per heavy atom. The highest BCUT2D eigenvalue weighted by Crippen LogP contribution is 2.40. The summed E-state index contributed by atoms with van der Waals surface area (Å²) < 4.78 is 84.6. The van der Waals surface area contributed by atoms with Gasteiger partial charge in [-0.3, -0.25) is 0 Å². The third kappa shape index (κ3) is 4.22. The molecule has 176 valence electrons. The van der Waals surface area contributed by atoms with Crippen LogP contribution in [-0.4, -0.2) is 28.2 Å². The van der Waals surface area contributed by atoms with E-state index < -0.39 is 44.2 Å². The minimum absolute atomic E-state index is 0.0535. The number of rotatable bonds is 6. The smallest absolute Gasteiger partial charge is 0.329 e. The molecule has 5 rings (SSSR count). The fourth-order valence-corrected chi connectivity index (χ4v) is 5.51. The zero-order chi connectivity index (χ0) is 23.5. The topological polar surface area (TPSA) is 76.9 Å². The van der Waals surface area contributed by atoms with Gasteiger partial charge < -0.3 is 4.57 Å². The lowest BCUT2D eigenvalue weighted by Gasteiger charge is -2.27. The molecule has 6 nitrogen and oxygen atoms in total. The number of pyridine rings is 2. The number of halogens is 5. The fraction of sp³-hybridized carbons (Fsp3) is 0.429. The number of aromatic nitrogens is 3. The van der Waals surface area contributed by atoms with Gasteiger partial charge in [0.2, 0.25) is 10.0 Å². The highest BCUT2D eigenvalue weighted by Gasteiger charge is 2.38. The van der Waals surface area contributed by atoms with Crippen LogP contribution in [0.2, 0.25) is 5.02 Å². The lowest BCUT2D eigenvalue weighted by atomic mass is 9.93. The number of hydrogen-bond acceptors (Lipinski definition) is 4. The predicted molar refractivity (Wildman–Crippen MR) is 115 cm³/mol. The van der Waals surface area contributed by atoms with Crippen molar-refractivity contribution in [3.05, 3.63) is 46.6 Å². The summed E-state index contributed by atoms with van der Waals surface area (Å²) in [5.74, 6) is -0.977. The van der Waals surface area contributed by atoms with E-state index in [1.807, 2.05) is 0 Å². The van der Waals surface area contributed by atoms with E-state index in [4.69, 9.17) is 11.6 Å². The quantitative estimate of drug-likeness (QED) is 0.469. The molecular weight excluding hydrogens is 484 g/mol. The minimum atomic E-state index is -4.83. The van der Waals surface area contributed by atoms with Crippen molar-refractivity contribution in [3.8, 4) is 11.3 Å². The summed E-state index contributed by atoms with van der Waals surface area (Å²) in [4.78, 5) is 7.66. The largest absolute Gasteiger partial charge is 0.434 e. The van der Waals surface area contributed by atoms with Crippen LogP contribution < -0.4 is 4.72 Å². The van der Waals surface area contributed by atoms with Crippen molar-refractivity contribution in [2.24, 2.45) is 0 Å². The van der Waals surface area contributed by atoms with Crippen LogP contribution in [0.3, 0.4) is 0 Å². The molecular formula is C21H19ClF4N4O2S. The number of alkyl halides is 3. The Morgan fingerprint density at radius 1 is 1.18 bits per heavy atom. The monoisotopic (exact) mass is 502 g/mol. The van der Waals surface area contributed by atoms with Crippen LogP contribution >= 0.6 is 11.6 Å². The summed E-state index contributed by atoms with van der Waals surface area (Å²) in [5.41, 5.74) is -1.53. The molecule has 0 unspecified atom stereocenters. The minimum Gasteiger partial charge on any atom is -0.329 e. The summed E-state index contributed by atoms with van der Waals surface area (Å²) in [6.07, 6.45) is 1.62. The SMILES string of the molecule is O=S(=O)(NCc1cn(C2CCC2)c2nc(-c3cc(Cl)cnc3C(F)(F)F)c(F)cc12)C1CC1. The van der Waals surface area contributed by atoms with Gasteiger partial charge in [0.15, 0.2) is 5.69 Å². The van der Waals surface area contributed by atoms with E-state index in [1.165, 1.54) is 0 Å². The van der Waals surface area contributed by atoms with Crippen molar-refractivity contribution in [2.45, 2.75) is 56.1 Å². The first kappa shape index (κ1) is 22.5. The number of fused-ring (bicyclic) bond motifs is 1. The number of nitrogens with one attached hydrogen (secondary N) is 1. The molecule has 3 aromatic heterocycles. The highest BCUT2D eigenvalue weighted by atomic mass is 35.5. The average Bonchev–Trinajstić information content (AvgIpc) is 3.49. The molecule has 0 atom stereocenters. The summed E-state index contributed by atoms with van der Waals surface area (Å²) in [7, 11) is -3.47. The van der Waals surface area contributed by atoms with Gasteiger partial charge in [-0.25, -0.2) is 27.5 Å². The van der Waals surface area contributed by atoms with Gasteiger partial charge >= 0.3 is 6.18 Å². The Morgan fingerprint density at radius 2 is 1.91 bits per heavy atom. The van der Waals surface area contributed by atoms with Gasteiger partial charge in [0.25, 0.3) is 0 Å². The maximum atomic E-state index is 15.2. The van der Waals surface area contributed by atoms with Crippen molar-refractivity contribution in [3.63, 3.8) is 0 Å². The van der Waals surface area contributed by atoms with Crippen LogP contribution in [0.25, 0.3) is 22.3 Å². The molecule has 2 aliphatic rings. The molecule has 0 saturated heterocycles. The first-order chi connectivity index (χ1) is 15.5. The summed E-state index contributed by atoms with van der Waals surface area (Å²) in [5, 5.41) is -0.135. The van der Waals surface area contributed by atoms with Crippen LogP contribution in [0.1, 0.15) is 49.4 Å². The Kier molecular flexibility index (Phi) is 5.41. The molecule has 0 aromatic carbocycles. The van der Waals surface area contributed by atoms with Crippen LogP contribution in [0.5, 0.6) is 0 Å². The van der Waals surface area contributed by atoms with E-state index in [0.29, 0.717) is 29.4 Å². The molecule has 2 saturated carbocycles. The fourth-order valence-electron chi connectivity index (χ4n) is 4.00. The first-order valence-corrected chi connectivity index (χ1v) is 12.4. The molecule has 0 bridgehead atoms. The Bertz CT molecular complexity index is 1350. The van der Waals surface area contributed by atoms with E-state index in [-0.39, 0.29) is 17.6 Å². The molecule has 3 heterocycles. The Hall–Kier alpha value is -2.24. The van der Waals surface area contributed by atoms with Crippen molar-refractivity contribution in [2.75, 3.05) is 0 Å². The van der Waals surface area contributed by atoms with E-state index in [9.17, 15) is 21.6 Å². The molecule has 2 fully saturated rings. The van der Waals surface area contributed by atoms with Gasteiger partial charge in [0.05, 0.1) is 10.3 Å². The van der Waals surface area contributed by atoms with E-state index >= 15 is 4.39 Å². The molecule has 1 N–H and O–H groups in total. The number of nitrogens with zero attached hydrogens (tertiary/aromatic N) is 3. The zero-order valence-corrected chi connectivity index (χ0v) is 18.7. The number of hydrogen-bond donors (Lipinski definition) is 1. The first-order valence-electron chi connectivity index (χ1n) is 10.5. The number of sulfonamides is 1. The highest BCUT2D eigenvalue weighted by molar-refractivity contribution is 7.90. The second-order valence-corrected chi connectivity index (χ2v) is 10.9. The van der Waals surface area contributed by atoms with Gasteiger partial charge in [-0.15, -0.1) is 0 Å². The normalized spacial score (nSPS) is 17.5. The Balaban J connectivity index is 1.63. The molecule has 0 radical (unpaired) electrons. The molecule has 3 aromatic rings. The van der Waals surface area contributed by atoms with Crippen LogP contribution in [-0.2, 0) is 22.7 Å². The second-order valence-electron chi connectivity index (χ2n) is 8.45. The molecule has 33 heavy (non-hydrogen) atoms. The molecule has 2 aliphatic carbocycles. The predicted octanol–water partition coefficient (Wildman–Crippen LogP) is 5.22. The summed E-state index contributed by atoms with van der Waals surface area (Å²) in [6, 6.07) is 2.16. The lowest BCUT2D eigenvalue weighted by Crippen LogP contribution is -2.26. The van der Waals surface area contributed by atoms with Gasteiger partial charge in [-0.2, -0.15) is 13.2 Å². The summed E-state index contributed by atoms with van der Waals surface area (Å²) in [6.45, 7) is -0.0535. The average molecular weight is 503 g/mol. The van der Waals surface area contributed by atoms with Crippen LogP contribution in [0, 0.1) is 5.82 Å². The maximum absolute atomic E-state index is 15.2. The van der Waals surface area contributed by atoms with Crippen molar-refractivity contribution in [1.29, 1.82) is 0 Å². The van der Waals surface area contributed by atoms with Gasteiger partial charge in [-0.05, 0) is 49.8 Å². The van der Waals surface area contributed by atoms with Crippen LogP contribution in [0.15, 0.2) is 24.5 Å². The third-order valence-electron chi connectivity index (χ3n) is 6.11. The van der Waals surface area contributed by atoms with Crippen molar-refractivity contribution in [1.82, 2.24) is 19.3 Å². The molecule has 0 spiro atoms. The van der Waals surface area contributed by atoms with E-state index in [1.54, 1.807) is 10.8 Å². The van der Waals surface area contributed by atoms with Gasteiger partial charge in [0, 0.05) is 35.9 Å². The van der Waals surface area contributed by atoms with Crippen molar-refractivity contribution >= 4 is 32.7 Å². The molecule has 12 heteroatoms. The molecule has 0 amide bonds. The van der Waals surface area contributed by atoms with E-state index in [2.05, 4.69) is 14.7 Å². The maximum Gasteiger partial charge on any atom is 0.434 e. The molecule has 0 aliphatic heterocycles. The van der Waals surface area contributed by atoms with Crippen molar-refractivity contribution < 1.29 is 26.0 Å². The Labute approximate surface area is 192 Å². The van der Waals surface area contributed by atoms with E-state index in [0.717, 1.165) is 37.6 Å². The third-order valence-corrected chi connectivity index (χ3v) is 8.22. The standard InChI is InChI=1S/C21H19ClF4N4O2S/c22-12-6-16(19(27-9-12)21(24,25)26)18-17(23)7-15-11(8-28-33(31,32)14-4-5-14)10-30(20(15)29-18)13-2-1-3-13/h6-7,9-10,13-14,28H,1-5,8H2. The van der Waals surface area contributed by atoms with Crippen LogP contribution in [0.4, 0.5) is 17.6 Å². The zero-order valence-electron chi connectivity index (χ0n) is 17.2. The summed E-state index contributed by atoms with van der Waals surface area (Å²) >= 11 is 5.87. The lowest BCUT2D eigenvalue weighted by molar-refractivity contribution is -0.140. The van der Waals surface area contributed by atoms with Gasteiger partial charge in [-0.1, -0.05) is 11.6 Å².